The Bertz CT molecular complexity index is 1190. The largest absolute Gasteiger partial charge is 0.454 e. The predicted octanol–water partition coefficient (Wildman–Crippen LogP) is 6.41. The first kappa shape index (κ1) is 26.9. The number of nitrogens with zero attached hydrogens (tertiary/aromatic N) is 1. The summed E-state index contributed by atoms with van der Waals surface area (Å²) in [7, 11) is 0. The molecule has 0 saturated carbocycles. The number of benzene rings is 2. The quantitative estimate of drug-likeness (QED) is 0.183. The van der Waals surface area contributed by atoms with Gasteiger partial charge in [0.2, 0.25) is 0 Å². The Hall–Kier alpha value is -1.74. The molecule has 7 nitrogen and oxygen atoms in total. The molecule has 0 fully saturated rings. The van der Waals surface area contributed by atoms with Crippen molar-refractivity contribution in [3.05, 3.63) is 59.5 Å². The fourth-order valence-corrected chi connectivity index (χ4v) is 4.67. The first-order valence-corrected chi connectivity index (χ1v) is 11.8. The summed E-state index contributed by atoms with van der Waals surface area (Å²) < 4.78 is 5.09. The van der Waals surface area contributed by atoms with Crippen molar-refractivity contribution in [1.29, 1.82) is 0 Å². The zero-order valence-electron chi connectivity index (χ0n) is 17.4. The van der Waals surface area contributed by atoms with Crippen LogP contribution in [0.3, 0.4) is 0 Å². The Morgan fingerprint density at radius 1 is 0.882 bits per heavy atom. The third kappa shape index (κ3) is 4.83. The second-order valence-corrected chi connectivity index (χ2v) is 9.73. The molecule has 1 atom stereocenters. The fraction of sp³-hybridized carbons (Fsp3) is 0.238. The molecule has 34 heavy (non-hydrogen) atoms. The van der Waals surface area contributed by atoms with Crippen molar-refractivity contribution >= 4 is 99.0 Å². The maximum absolute atomic E-state index is 13.1. The van der Waals surface area contributed by atoms with Gasteiger partial charge in [0.1, 0.15) is 6.04 Å². The summed E-state index contributed by atoms with van der Waals surface area (Å²) in [5, 5.41) is 1.87. The molecule has 1 N–H and O–H groups in total. The zero-order valence-corrected chi connectivity index (χ0v) is 21.9. The molecule has 0 saturated heterocycles. The van der Waals surface area contributed by atoms with Gasteiger partial charge in [0.05, 0.1) is 47.0 Å². The van der Waals surface area contributed by atoms with Gasteiger partial charge < -0.3 is 10.1 Å². The van der Waals surface area contributed by atoms with E-state index in [2.05, 4.69) is 5.32 Å². The molecule has 0 unspecified atom stereocenters. The van der Waals surface area contributed by atoms with Gasteiger partial charge in [-0.2, -0.15) is 0 Å². The molecule has 0 spiro atoms. The summed E-state index contributed by atoms with van der Waals surface area (Å²) in [4.78, 5) is 52.0. The molecule has 0 bridgehead atoms. The molecule has 180 valence electrons. The van der Waals surface area contributed by atoms with Gasteiger partial charge in [0.15, 0.2) is 6.61 Å². The van der Waals surface area contributed by atoms with Crippen LogP contribution in [0.1, 0.15) is 34.6 Å². The number of nitrogens with one attached hydrogen (secondary N) is 1. The van der Waals surface area contributed by atoms with E-state index in [0.717, 1.165) is 0 Å². The van der Waals surface area contributed by atoms with Gasteiger partial charge in [-0.05, 0) is 18.1 Å². The van der Waals surface area contributed by atoms with Gasteiger partial charge in [0.25, 0.3) is 17.7 Å². The van der Waals surface area contributed by atoms with E-state index >= 15 is 0 Å². The number of hydrogen-bond acceptors (Lipinski definition) is 5. The minimum atomic E-state index is -1.39. The summed E-state index contributed by atoms with van der Waals surface area (Å²) in [5.74, 6) is -4.09. The maximum Gasteiger partial charge on any atom is 0.330 e. The number of carbonyl (C=O) groups is 4. The Morgan fingerprint density at radius 2 is 1.41 bits per heavy atom. The lowest BCUT2D eigenvalue weighted by molar-refractivity contribution is -0.152. The molecule has 2 aromatic rings. The summed E-state index contributed by atoms with van der Waals surface area (Å²) in [6.45, 7) is 2.46. The topological polar surface area (TPSA) is 92.8 Å². The Balaban J connectivity index is 1.81. The SMILES string of the molecule is CC(C)[C@H](C(=O)OCC(=O)Nc1cccc(Cl)c1Cl)N1C(=O)c2c(Cl)c(Cl)c(Cl)c(Cl)c2C1=O. The average molecular weight is 587 g/mol. The molecule has 3 amide bonds. The number of carbonyl (C=O) groups excluding carboxylic acids is 4. The molecule has 1 aliphatic rings. The summed E-state index contributed by atoms with van der Waals surface area (Å²) in [6.07, 6.45) is 0. The highest BCUT2D eigenvalue weighted by Gasteiger charge is 2.48. The van der Waals surface area contributed by atoms with E-state index in [9.17, 15) is 19.2 Å². The van der Waals surface area contributed by atoms with Gasteiger partial charge in [-0.1, -0.05) is 89.5 Å². The summed E-state index contributed by atoms with van der Waals surface area (Å²) in [5.41, 5.74) is -0.315. The van der Waals surface area contributed by atoms with Crippen LogP contribution in [0.2, 0.25) is 30.1 Å². The number of hydrogen-bond donors (Lipinski definition) is 1. The number of amides is 3. The Labute approximate surface area is 224 Å². The Morgan fingerprint density at radius 3 is 1.91 bits per heavy atom. The number of rotatable bonds is 6. The number of anilines is 1. The molecule has 2 aromatic carbocycles. The van der Waals surface area contributed by atoms with Gasteiger partial charge in [-0.15, -0.1) is 0 Å². The average Bonchev–Trinajstić information content (AvgIpc) is 3.03. The first-order chi connectivity index (χ1) is 15.9. The summed E-state index contributed by atoms with van der Waals surface area (Å²) >= 11 is 36.3. The molecule has 0 aliphatic carbocycles. The van der Waals surface area contributed by atoms with E-state index in [1.165, 1.54) is 12.1 Å². The molecular weight excluding hydrogens is 573 g/mol. The lowest BCUT2D eigenvalue weighted by Gasteiger charge is -2.27. The van der Waals surface area contributed by atoms with Crippen molar-refractivity contribution in [2.45, 2.75) is 19.9 Å². The number of fused-ring (bicyclic) bond motifs is 1. The van der Waals surface area contributed by atoms with Crippen LogP contribution in [0.25, 0.3) is 0 Å². The third-order valence-electron chi connectivity index (χ3n) is 4.85. The van der Waals surface area contributed by atoms with E-state index in [4.69, 9.17) is 74.3 Å². The highest BCUT2D eigenvalue weighted by atomic mass is 35.5. The molecule has 3 rings (SSSR count). The fourth-order valence-electron chi connectivity index (χ4n) is 3.30. The summed E-state index contributed by atoms with van der Waals surface area (Å²) in [6, 6.07) is 3.22. The minimum absolute atomic E-state index is 0.112. The highest BCUT2D eigenvalue weighted by molar-refractivity contribution is 6.55. The van der Waals surface area contributed by atoms with Crippen LogP contribution in [0.15, 0.2) is 18.2 Å². The van der Waals surface area contributed by atoms with E-state index in [-0.39, 0.29) is 47.0 Å². The van der Waals surface area contributed by atoms with Crippen LogP contribution in [-0.2, 0) is 14.3 Å². The van der Waals surface area contributed by atoms with Crippen molar-refractivity contribution in [2.75, 3.05) is 11.9 Å². The molecule has 1 heterocycles. The predicted molar refractivity (Wildman–Crippen MR) is 132 cm³/mol. The van der Waals surface area contributed by atoms with Crippen LogP contribution < -0.4 is 5.32 Å². The second kappa shape index (κ2) is 10.5. The molecule has 13 heteroatoms. The highest BCUT2D eigenvalue weighted by Crippen LogP contribution is 2.45. The lowest BCUT2D eigenvalue weighted by atomic mass is 10.0. The number of ether oxygens (including phenoxy) is 1. The monoisotopic (exact) mass is 584 g/mol. The second-order valence-electron chi connectivity index (χ2n) is 7.43. The normalized spacial score (nSPS) is 13.9. The Kier molecular flexibility index (Phi) is 8.28. The maximum atomic E-state index is 13.1. The van der Waals surface area contributed by atoms with E-state index in [1.54, 1.807) is 19.9 Å². The van der Waals surface area contributed by atoms with Gasteiger partial charge in [-0.25, -0.2) is 4.79 Å². The van der Waals surface area contributed by atoms with Crippen LogP contribution in [-0.4, -0.2) is 41.2 Å². The van der Waals surface area contributed by atoms with Crippen molar-refractivity contribution in [3.63, 3.8) is 0 Å². The lowest BCUT2D eigenvalue weighted by Crippen LogP contribution is -2.49. The molecule has 0 aromatic heterocycles. The van der Waals surface area contributed by atoms with Gasteiger partial charge in [0, 0.05) is 0 Å². The zero-order chi connectivity index (χ0) is 25.5. The number of halogens is 6. The van der Waals surface area contributed by atoms with Crippen molar-refractivity contribution in [1.82, 2.24) is 4.90 Å². The molecule has 0 radical (unpaired) electrons. The molecule has 1 aliphatic heterocycles. The number of imide groups is 1. The van der Waals surface area contributed by atoms with E-state index in [0.29, 0.717) is 4.90 Å². The standard InChI is InChI=1S/C21H14Cl6N2O5/c1-7(2)18(21(33)34-6-10(30)28-9-5-3-4-8(22)13(9)23)29-19(31)11-12(20(29)32)15(25)17(27)16(26)14(11)24/h3-5,7,18H,6H2,1-2H3,(H,28,30)/t18-/m1/s1. The van der Waals surface area contributed by atoms with Crippen LogP contribution in [0, 0.1) is 5.92 Å². The van der Waals surface area contributed by atoms with Gasteiger partial charge in [-0.3, -0.25) is 19.3 Å². The first-order valence-electron chi connectivity index (χ1n) is 9.52. The van der Waals surface area contributed by atoms with Crippen LogP contribution in [0.5, 0.6) is 0 Å². The van der Waals surface area contributed by atoms with Crippen LogP contribution >= 0.6 is 69.6 Å². The van der Waals surface area contributed by atoms with Gasteiger partial charge >= 0.3 is 5.97 Å². The van der Waals surface area contributed by atoms with Crippen molar-refractivity contribution in [2.24, 2.45) is 5.92 Å². The van der Waals surface area contributed by atoms with Crippen molar-refractivity contribution in [3.8, 4) is 0 Å². The van der Waals surface area contributed by atoms with E-state index < -0.39 is 42.3 Å². The van der Waals surface area contributed by atoms with Crippen LogP contribution in [0.4, 0.5) is 5.69 Å². The van der Waals surface area contributed by atoms with E-state index in [1.807, 2.05) is 0 Å². The third-order valence-corrected chi connectivity index (χ3v) is 7.48. The number of esters is 1. The minimum Gasteiger partial charge on any atom is -0.454 e. The smallest absolute Gasteiger partial charge is 0.330 e. The van der Waals surface area contributed by atoms with Crippen molar-refractivity contribution < 1.29 is 23.9 Å². The molecular formula is C21H14Cl6N2O5.